The summed E-state index contributed by atoms with van der Waals surface area (Å²) in [5.74, 6) is 0.100. The Kier molecular flexibility index (Phi) is 9.62. The van der Waals surface area contributed by atoms with Crippen LogP contribution in [0.3, 0.4) is 0 Å². The molecule has 3 N–H and O–H groups in total. The number of hydrogen-bond donors (Lipinski definition) is 3. The number of likely N-dealkylation sites (tertiary alicyclic amines) is 1. The third-order valence-electron chi connectivity index (χ3n) is 11.1. The van der Waals surface area contributed by atoms with Crippen molar-refractivity contribution < 1.29 is 19.1 Å². The number of H-pyrrole nitrogens is 1. The van der Waals surface area contributed by atoms with E-state index in [0.717, 1.165) is 63.6 Å². The Morgan fingerprint density at radius 2 is 1.65 bits per heavy atom. The zero-order valence-corrected chi connectivity index (χ0v) is 29.5. The molecule has 6 rings (SSSR count). The number of likely N-dealkylation sites (N-methyl/N-ethyl adjacent to an activating group) is 1. The van der Waals surface area contributed by atoms with E-state index in [9.17, 15) is 14.4 Å². The average Bonchev–Trinajstić information content (AvgIpc) is 3.63. The highest BCUT2D eigenvalue weighted by molar-refractivity contribution is 5.86. The van der Waals surface area contributed by atoms with Gasteiger partial charge in [0.05, 0.1) is 12.1 Å². The molecule has 3 aromatic rings. The molecule has 9 nitrogen and oxygen atoms in total. The number of alkyl carbamates (subject to hydrolysis) is 1. The van der Waals surface area contributed by atoms with Crippen LogP contribution < -0.4 is 10.6 Å². The summed E-state index contributed by atoms with van der Waals surface area (Å²) < 4.78 is 5.45. The smallest absolute Gasteiger partial charge is 0.407 e. The predicted octanol–water partition coefficient (Wildman–Crippen LogP) is 6.41. The van der Waals surface area contributed by atoms with E-state index in [-0.39, 0.29) is 47.2 Å². The summed E-state index contributed by atoms with van der Waals surface area (Å²) in [6.07, 6.45) is 7.19. The fourth-order valence-electron chi connectivity index (χ4n) is 8.54. The van der Waals surface area contributed by atoms with Gasteiger partial charge in [-0.15, -0.1) is 0 Å². The molecule has 1 aromatic heterocycles. The minimum Gasteiger partial charge on any atom is -0.444 e. The molecular weight excluding hydrogens is 602 g/mol. The number of carbonyl (C=O) groups excluding carboxylic acids is 3. The molecule has 0 unspecified atom stereocenters. The Morgan fingerprint density at radius 3 is 2.33 bits per heavy atom. The van der Waals surface area contributed by atoms with Crippen molar-refractivity contribution in [1.29, 1.82) is 0 Å². The van der Waals surface area contributed by atoms with Crippen molar-refractivity contribution in [2.45, 2.75) is 108 Å². The fourth-order valence-corrected chi connectivity index (χ4v) is 8.54. The molecule has 1 aliphatic heterocycles. The number of hydrogen-bond acceptors (Lipinski definition) is 5. The number of nitrogens with zero attached hydrogens (tertiary/aromatic N) is 2. The van der Waals surface area contributed by atoms with Crippen LogP contribution in [0.4, 0.5) is 4.79 Å². The molecule has 2 fully saturated rings. The first kappa shape index (κ1) is 34.0. The first-order valence-corrected chi connectivity index (χ1v) is 17.8. The maximum absolute atomic E-state index is 14.0. The highest BCUT2D eigenvalue weighted by Gasteiger charge is 2.49. The average molecular weight is 656 g/mol. The van der Waals surface area contributed by atoms with Crippen molar-refractivity contribution in [2.75, 3.05) is 27.2 Å². The van der Waals surface area contributed by atoms with E-state index in [1.807, 2.05) is 40.9 Å². The normalized spacial score (nSPS) is 23.7. The Bertz CT molecular complexity index is 1620. The highest BCUT2D eigenvalue weighted by Crippen LogP contribution is 2.52. The van der Waals surface area contributed by atoms with Crippen LogP contribution in [0, 0.1) is 5.92 Å². The van der Waals surface area contributed by atoms with Gasteiger partial charge in [0.25, 0.3) is 0 Å². The highest BCUT2D eigenvalue weighted by atomic mass is 16.6. The van der Waals surface area contributed by atoms with Crippen LogP contribution in [0.25, 0.3) is 10.9 Å². The van der Waals surface area contributed by atoms with Crippen molar-refractivity contribution in [3.05, 3.63) is 71.4 Å². The molecule has 0 radical (unpaired) electrons. The third-order valence-corrected chi connectivity index (χ3v) is 11.1. The molecule has 1 saturated carbocycles. The maximum atomic E-state index is 14.0. The molecule has 1 saturated heterocycles. The van der Waals surface area contributed by atoms with Gasteiger partial charge in [-0.1, -0.05) is 49.4 Å². The van der Waals surface area contributed by atoms with E-state index >= 15 is 0 Å². The van der Waals surface area contributed by atoms with Gasteiger partial charge in [0.15, 0.2) is 0 Å². The number of aromatic nitrogens is 1. The van der Waals surface area contributed by atoms with E-state index in [1.54, 1.807) is 4.90 Å². The fraction of sp³-hybridized carbons (Fsp3) is 0.564. The molecule has 3 atom stereocenters. The summed E-state index contributed by atoms with van der Waals surface area (Å²) in [6, 6.07) is 16.9. The number of amides is 3. The molecule has 2 heterocycles. The molecule has 3 amide bonds. The van der Waals surface area contributed by atoms with Crippen molar-refractivity contribution in [1.82, 2.24) is 25.4 Å². The van der Waals surface area contributed by atoms with E-state index in [4.69, 9.17) is 4.74 Å². The molecule has 2 aromatic carbocycles. The summed E-state index contributed by atoms with van der Waals surface area (Å²) in [6.45, 7) is 9.48. The molecule has 1 spiro atoms. The number of benzene rings is 2. The van der Waals surface area contributed by atoms with E-state index in [1.165, 1.54) is 22.1 Å². The lowest BCUT2D eigenvalue weighted by atomic mass is 9.73. The molecule has 258 valence electrons. The van der Waals surface area contributed by atoms with Gasteiger partial charge in [-0.25, -0.2) is 4.79 Å². The summed E-state index contributed by atoms with van der Waals surface area (Å²) in [4.78, 5) is 47.3. The molecule has 0 bridgehead atoms. The zero-order chi connectivity index (χ0) is 34.2. The lowest BCUT2D eigenvalue weighted by molar-refractivity contribution is -0.131. The van der Waals surface area contributed by atoms with Crippen molar-refractivity contribution in [3.63, 3.8) is 0 Å². The van der Waals surface area contributed by atoms with Gasteiger partial charge in [0, 0.05) is 62.2 Å². The predicted molar refractivity (Wildman–Crippen MR) is 189 cm³/mol. The van der Waals surface area contributed by atoms with Crippen LogP contribution in [-0.2, 0) is 19.7 Å². The van der Waals surface area contributed by atoms with E-state index in [0.29, 0.717) is 0 Å². The number of rotatable bonds is 7. The number of ether oxygens (including phenoxy) is 1. The van der Waals surface area contributed by atoms with Crippen molar-refractivity contribution in [2.24, 2.45) is 5.92 Å². The summed E-state index contributed by atoms with van der Waals surface area (Å²) in [5.41, 5.74) is 4.21. The Balaban J connectivity index is 1.18. The summed E-state index contributed by atoms with van der Waals surface area (Å²) in [7, 11) is 3.70. The number of nitrogens with one attached hydrogen (secondary N) is 3. The van der Waals surface area contributed by atoms with Crippen molar-refractivity contribution >= 4 is 28.8 Å². The molecule has 2 aliphatic carbocycles. The maximum Gasteiger partial charge on any atom is 0.407 e. The van der Waals surface area contributed by atoms with Gasteiger partial charge in [-0.2, -0.15) is 0 Å². The number of aromatic amines is 1. The van der Waals surface area contributed by atoms with Gasteiger partial charge in [-0.05, 0) is 93.9 Å². The topological polar surface area (TPSA) is 107 Å². The second-order valence-corrected chi connectivity index (χ2v) is 15.6. The molecule has 48 heavy (non-hydrogen) atoms. The summed E-state index contributed by atoms with van der Waals surface area (Å²) in [5, 5.41) is 7.72. The van der Waals surface area contributed by atoms with Crippen LogP contribution in [-0.4, -0.2) is 77.7 Å². The quantitative estimate of drug-likeness (QED) is 0.273. The summed E-state index contributed by atoms with van der Waals surface area (Å²) >= 11 is 0. The van der Waals surface area contributed by atoms with Gasteiger partial charge in [0.2, 0.25) is 11.8 Å². The van der Waals surface area contributed by atoms with Gasteiger partial charge < -0.3 is 25.3 Å². The molecular formula is C39H53N5O4. The number of piperidine rings is 1. The largest absolute Gasteiger partial charge is 0.444 e. The SMILES string of the molecule is C[C@H](c1c[nH]c2ccccc12)[C@@H](NC(=O)C1CCC(NC(=O)OC(C)(C)C)CC1)N1CCC2(CC1)C[C@@H](C(=O)N(C)C)c1ccccc12. The number of fused-ring (bicyclic) bond motifs is 3. The Hall–Kier alpha value is -3.85. The zero-order valence-electron chi connectivity index (χ0n) is 29.5. The van der Waals surface area contributed by atoms with E-state index < -0.39 is 11.7 Å². The first-order chi connectivity index (χ1) is 22.8. The van der Waals surface area contributed by atoms with Crippen LogP contribution in [0.1, 0.15) is 101 Å². The van der Waals surface area contributed by atoms with Gasteiger partial charge >= 0.3 is 6.09 Å². The molecule has 9 heteroatoms. The Labute approximate surface area is 285 Å². The second-order valence-electron chi connectivity index (χ2n) is 15.6. The Morgan fingerprint density at radius 1 is 0.979 bits per heavy atom. The van der Waals surface area contributed by atoms with Gasteiger partial charge in [-0.3, -0.25) is 14.5 Å². The van der Waals surface area contributed by atoms with E-state index in [2.05, 4.69) is 76.1 Å². The molecule has 3 aliphatic rings. The van der Waals surface area contributed by atoms with Crippen LogP contribution in [0.15, 0.2) is 54.7 Å². The second kappa shape index (κ2) is 13.6. The third kappa shape index (κ3) is 6.98. The van der Waals surface area contributed by atoms with Crippen molar-refractivity contribution in [3.8, 4) is 0 Å². The lowest BCUT2D eigenvalue weighted by Crippen LogP contribution is -2.56. The monoisotopic (exact) mass is 655 g/mol. The van der Waals surface area contributed by atoms with Gasteiger partial charge in [0.1, 0.15) is 5.60 Å². The first-order valence-electron chi connectivity index (χ1n) is 17.8. The lowest BCUT2D eigenvalue weighted by Gasteiger charge is -2.45. The van der Waals surface area contributed by atoms with Crippen LogP contribution in [0.2, 0.25) is 0 Å². The number of para-hydroxylation sites is 1. The minimum absolute atomic E-state index is 0.0145. The standard InChI is InChI=1S/C39H53N5O4/c1-25(31-24-40-33-14-10-8-12-29(31)33)34(42-35(45)26-15-17-27(18-16-26)41-37(47)48-38(2,3)4)44-21-19-39(20-22-44)23-30(36(46)43(5)6)28-11-7-9-13-32(28)39/h7-14,24-27,30,34,40H,15-23H2,1-6H3,(H,41,47)(H,42,45)/t25-,26?,27?,30-,34+/m1/s1. The minimum atomic E-state index is -0.543. The van der Waals surface area contributed by atoms with Crippen LogP contribution in [0.5, 0.6) is 0 Å². The number of carbonyl (C=O) groups is 3. The van der Waals surface area contributed by atoms with Crippen LogP contribution >= 0.6 is 0 Å².